The summed E-state index contributed by atoms with van der Waals surface area (Å²) in [6.07, 6.45) is 15.6. The maximum atomic E-state index is 11.6. The lowest BCUT2D eigenvalue weighted by Crippen LogP contribution is -2.23. The topological polar surface area (TPSA) is 49.3 Å². The highest BCUT2D eigenvalue weighted by molar-refractivity contribution is 5.88. The molecule has 0 heterocycles. The maximum absolute atomic E-state index is 11.6. The molecular weight excluding hydrogens is 322 g/mol. The average molecular weight is 362 g/mol. The Morgan fingerprint density at radius 3 is 1.81 bits per heavy atom. The maximum Gasteiger partial charge on any atom is 0.243 e. The zero-order valence-electron chi connectivity index (χ0n) is 17.5. The zero-order valence-corrected chi connectivity index (χ0v) is 17.5. The standard InChI is InChI=1S/C23H39NO2/c1-19(2)10-6-11-20(3)12-7-13-21(4)14-8-15-22(5)18-23(26)24-16-9-17-25/h10,12,14,18,25H,6-9,11,13,15-17H2,1-5H3,(H,24,26). The van der Waals surface area contributed by atoms with Crippen molar-refractivity contribution in [3.8, 4) is 0 Å². The van der Waals surface area contributed by atoms with Crippen molar-refractivity contribution in [2.24, 2.45) is 0 Å². The monoisotopic (exact) mass is 361 g/mol. The summed E-state index contributed by atoms with van der Waals surface area (Å²) in [6, 6.07) is 0. The van der Waals surface area contributed by atoms with Gasteiger partial charge in [0.25, 0.3) is 0 Å². The molecule has 3 heteroatoms. The Morgan fingerprint density at radius 2 is 1.31 bits per heavy atom. The number of carbonyl (C=O) groups is 1. The van der Waals surface area contributed by atoms with E-state index in [1.165, 1.54) is 16.7 Å². The molecule has 0 aliphatic heterocycles. The van der Waals surface area contributed by atoms with Crippen LogP contribution in [0.25, 0.3) is 0 Å². The third-order valence-electron chi connectivity index (χ3n) is 4.17. The van der Waals surface area contributed by atoms with Gasteiger partial charge in [0.05, 0.1) is 0 Å². The van der Waals surface area contributed by atoms with Crippen LogP contribution >= 0.6 is 0 Å². The largest absolute Gasteiger partial charge is 0.396 e. The molecular formula is C23H39NO2. The molecule has 0 saturated carbocycles. The van der Waals surface area contributed by atoms with E-state index in [-0.39, 0.29) is 12.5 Å². The van der Waals surface area contributed by atoms with Gasteiger partial charge < -0.3 is 10.4 Å². The van der Waals surface area contributed by atoms with Crippen LogP contribution in [0.5, 0.6) is 0 Å². The van der Waals surface area contributed by atoms with E-state index in [4.69, 9.17) is 5.11 Å². The van der Waals surface area contributed by atoms with Crippen LogP contribution in [0.2, 0.25) is 0 Å². The van der Waals surface area contributed by atoms with Crippen LogP contribution in [0.3, 0.4) is 0 Å². The zero-order chi connectivity index (χ0) is 19.8. The number of hydrogen-bond donors (Lipinski definition) is 2. The van der Waals surface area contributed by atoms with Gasteiger partial charge in [-0.1, -0.05) is 40.5 Å². The highest BCUT2D eigenvalue weighted by Crippen LogP contribution is 2.13. The summed E-state index contributed by atoms with van der Waals surface area (Å²) in [5, 5.41) is 11.5. The minimum Gasteiger partial charge on any atom is -0.396 e. The number of hydrogen-bond acceptors (Lipinski definition) is 2. The lowest BCUT2D eigenvalue weighted by molar-refractivity contribution is -0.116. The van der Waals surface area contributed by atoms with Crippen molar-refractivity contribution in [2.45, 2.75) is 79.6 Å². The van der Waals surface area contributed by atoms with Gasteiger partial charge in [0.15, 0.2) is 0 Å². The number of aliphatic hydroxyl groups is 1. The minimum atomic E-state index is -0.0645. The van der Waals surface area contributed by atoms with Crippen molar-refractivity contribution in [2.75, 3.05) is 13.2 Å². The molecule has 0 aromatic heterocycles. The van der Waals surface area contributed by atoms with Crippen molar-refractivity contribution in [1.82, 2.24) is 5.32 Å². The highest BCUT2D eigenvalue weighted by atomic mass is 16.3. The lowest BCUT2D eigenvalue weighted by Gasteiger charge is -2.03. The van der Waals surface area contributed by atoms with E-state index in [1.54, 1.807) is 6.08 Å². The molecule has 0 aliphatic rings. The molecule has 0 saturated heterocycles. The van der Waals surface area contributed by atoms with Crippen molar-refractivity contribution in [3.05, 3.63) is 46.6 Å². The van der Waals surface area contributed by atoms with E-state index in [0.717, 1.165) is 44.1 Å². The van der Waals surface area contributed by atoms with Crippen LogP contribution in [-0.2, 0) is 4.79 Å². The summed E-state index contributed by atoms with van der Waals surface area (Å²) in [4.78, 5) is 11.6. The van der Waals surface area contributed by atoms with E-state index in [1.807, 2.05) is 6.92 Å². The van der Waals surface area contributed by atoms with Gasteiger partial charge in [0.1, 0.15) is 0 Å². The van der Waals surface area contributed by atoms with E-state index in [2.05, 4.69) is 51.2 Å². The first-order valence-corrected chi connectivity index (χ1v) is 9.85. The van der Waals surface area contributed by atoms with Gasteiger partial charge in [-0.05, 0) is 79.6 Å². The molecule has 0 fully saturated rings. The van der Waals surface area contributed by atoms with Gasteiger partial charge in [-0.2, -0.15) is 0 Å². The second-order valence-electron chi connectivity index (χ2n) is 7.36. The molecule has 0 rings (SSSR count). The Bertz CT molecular complexity index is 520. The molecule has 3 nitrogen and oxygen atoms in total. The Balaban J connectivity index is 4.06. The van der Waals surface area contributed by atoms with Gasteiger partial charge in [0.2, 0.25) is 5.91 Å². The third-order valence-corrected chi connectivity index (χ3v) is 4.17. The molecule has 0 aliphatic carbocycles. The molecule has 0 aromatic carbocycles. The summed E-state index contributed by atoms with van der Waals surface area (Å²) >= 11 is 0. The molecule has 0 bridgehead atoms. The number of rotatable bonds is 13. The minimum absolute atomic E-state index is 0.0645. The first-order chi connectivity index (χ1) is 12.3. The van der Waals surface area contributed by atoms with Crippen LogP contribution < -0.4 is 5.32 Å². The van der Waals surface area contributed by atoms with Crippen molar-refractivity contribution < 1.29 is 9.90 Å². The fraction of sp³-hybridized carbons (Fsp3) is 0.609. The molecule has 0 radical (unpaired) electrons. The van der Waals surface area contributed by atoms with Crippen molar-refractivity contribution >= 4 is 5.91 Å². The summed E-state index contributed by atoms with van der Waals surface area (Å²) in [7, 11) is 0. The summed E-state index contributed by atoms with van der Waals surface area (Å²) in [5.74, 6) is -0.0645. The fourth-order valence-electron chi connectivity index (χ4n) is 2.52. The lowest BCUT2D eigenvalue weighted by atomic mass is 10.0. The second-order valence-corrected chi connectivity index (χ2v) is 7.36. The van der Waals surface area contributed by atoms with Gasteiger partial charge in [0, 0.05) is 19.2 Å². The van der Waals surface area contributed by atoms with Crippen LogP contribution in [-0.4, -0.2) is 24.2 Å². The van der Waals surface area contributed by atoms with E-state index in [0.29, 0.717) is 13.0 Å². The van der Waals surface area contributed by atoms with Crippen LogP contribution in [0.15, 0.2) is 46.6 Å². The predicted octanol–water partition coefficient (Wildman–Crippen LogP) is 5.63. The third kappa shape index (κ3) is 15.9. The molecule has 1 amide bonds. The van der Waals surface area contributed by atoms with E-state index >= 15 is 0 Å². The number of amides is 1. The van der Waals surface area contributed by atoms with Gasteiger partial charge in [-0.25, -0.2) is 0 Å². The van der Waals surface area contributed by atoms with Crippen LogP contribution in [0.1, 0.15) is 79.6 Å². The summed E-state index contributed by atoms with van der Waals surface area (Å²) in [6.45, 7) is 11.3. The number of nitrogens with one attached hydrogen (secondary N) is 1. The van der Waals surface area contributed by atoms with Gasteiger partial charge in [-0.15, -0.1) is 0 Å². The van der Waals surface area contributed by atoms with Crippen LogP contribution in [0.4, 0.5) is 0 Å². The molecule has 26 heavy (non-hydrogen) atoms. The number of aliphatic hydroxyl groups excluding tert-OH is 1. The van der Waals surface area contributed by atoms with Gasteiger partial charge >= 0.3 is 0 Å². The van der Waals surface area contributed by atoms with E-state index < -0.39 is 0 Å². The first-order valence-electron chi connectivity index (χ1n) is 9.85. The average Bonchev–Trinajstić information content (AvgIpc) is 2.54. The SMILES string of the molecule is CC(C)=CCCC(C)=CCCC(C)=CCCC(C)=CC(=O)NCCCO. The summed E-state index contributed by atoms with van der Waals surface area (Å²) < 4.78 is 0. The number of allylic oxidation sites excluding steroid dienone is 7. The fourth-order valence-corrected chi connectivity index (χ4v) is 2.52. The molecule has 0 atom stereocenters. The van der Waals surface area contributed by atoms with Gasteiger partial charge in [-0.3, -0.25) is 4.79 Å². The molecule has 0 unspecified atom stereocenters. The highest BCUT2D eigenvalue weighted by Gasteiger charge is 1.98. The molecule has 148 valence electrons. The summed E-state index contributed by atoms with van der Waals surface area (Å²) in [5.41, 5.74) is 5.37. The Morgan fingerprint density at radius 1 is 0.808 bits per heavy atom. The van der Waals surface area contributed by atoms with Crippen molar-refractivity contribution in [3.63, 3.8) is 0 Å². The van der Waals surface area contributed by atoms with E-state index in [9.17, 15) is 4.79 Å². The first kappa shape index (κ1) is 24.4. The Labute approximate surface area is 161 Å². The molecule has 0 spiro atoms. The molecule has 0 aromatic rings. The van der Waals surface area contributed by atoms with Crippen LogP contribution in [0, 0.1) is 0 Å². The second kappa shape index (κ2) is 15.6. The molecule has 2 N–H and O–H groups in total. The normalized spacial score (nSPS) is 12.9. The van der Waals surface area contributed by atoms with Crippen molar-refractivity contribution in [1.29, 1.82) is 0 Å². The predicted molar refractivity (Wildman–Crippen MR) is 113 cm³/mol. The number of carbonyl (C=O) groups excluding carboxylic acids is 1. The smallest absolute Gasteiger partial charge is 0.243 e. The Hall–Kier alpha value is -1.61. The Kier molecular flexibility index (Phi) is 14.7. The quantitative estimate of drug-likeness (QED) is 0.254.